The zero-order valence-electron chi connectivity index (χ0n) is 3.49. The maximum absolute atomic E-state index is 8.56. The lowest BCUT2D eigenvalue weighted by molar-refractivity contribution is 0.436. The molecule has 0 aromatic heterocycles. The Labute approximate surface area is 50.2 Å². The van der Waals surface area contributed by atoms with Gasteiger partial charge in [-0.25, -0.2) is 4.21 Å². The molecule has 7 heteroatoms. The number of halogens is 1. The van der Waals surface area contributed by atoms with Crippen LogP contribution in [0.1, 0.15) is 0 Å². The van der Waals surface area contributed by atoms with Gasteiger partial charge in [-0.2, -0.15) is 0 Å². The van der Waals surface area contributed by atoms with E-state index in [-0.39, 0.29) is 24.7 Å². The maximum atomic E-state index is 8.56. The molecule has 0 aromatic rings. The molecule has 0 spiro atoms. The van der Waals surface area contributed by atoms with Crippen molar-refractivity contribution in [3.05, 3.63) is 0 Å². The number of hydrogen-bond acceptors (Lipinski definition) is 4. The summed E-state index contributed by atoms with van der Waals surface area (Å²) in [5, 5.41) is 0. The van der Waals surface area contributed by atoms with Crippen molar-refractivity contribution in [3.8, 4) is 0 Å². The van der Waals surface area contributed by atoms with Crippen LogP contribution in [0.2, 0.25) is 0 Å². The largest absolute Gasteiger partial charge is 0.750 e. The molecule has 0 radical (unpaired) electrons. The van der Waals surface area contributed by atoms with Crippen LogP contribution in [-0.2, 0) is 11.4 Å². The average molecular weight is 152 g/mol. The van der Waals surface area contributed by atoms with E-state index < -0.39 is 11.4 Å². The van der Waals surface area contributed by atoms with Crippen LogP contribution in [0.3, 0.4) is 0 Å². The molecule has 50 valence electrons. The van der Waals surface area contributed by atoms with Gasteiger partial charge in [0.1, 0.15) is 0 Å². The number of hydrogen-bond donors (Lipinski definition) is 3. The Balaban J connectivity index is -0.0000000150. The second-order valence-corrected chi connectivity index (χ2v) is 0.651. The topological polar surface area (TPSA) is 130 Å². The lowest BCUT2D eigenvalue weighted by atomic mass is 14.0. The van der Waals surface area contributed by atoms with Gasteiger partial charge in [0.15, 0.2) is 0 Å². The molecule has 0 saturated heterocycles. The molecular weight excluding hydrogens is 144 g/mol. The van der Waals surface area contributed by atoms with Crippen molar-refractivity contribution in [1.29, 1.82) is 0 Å². The fourth-order valence-corrected chi connectivity index (χ4v) is 0. The molecule has 0 aliphatic heterocycles. The van der Waals surface area contributed by atoms with Gasteiger partial charge in [0.25, 0.3) is 0 Å². The van der Waals surface area contributed by atoms with Crippen LogP contribution in [0.25, 0.3) is 0 Å². The minimum Gasteiger partial charge on any atom is -0.750 e. The molecule has 7 heavy (non-hydrogen) atoms. The molecule has 0 aromatic carbocycles. The normalized spacial score (nSPS) is 8.86. The molecule has 0 aliphatic carbocycles. The predicted molar refractivity (Wildman–Crippen MR) is 28.8 cm³/mol. The highest BCUT2D eigenvalue weighted by molar-refractivity contribution is 7.73. The van der Waals surface area contributed by atoms with Gasteiger partial charge < -0.3 is 21.4 Å². The monoisotopic (exact) mass is 151 g/mol. The first kappa shape index (κ1) is 26.7. The van der Waals surface area contributed by atoms with Crippen LogP contribution in [0.5, 0.6) is 0 Å². The second kappa shape index (κ2) is 16.3. The summed E-state index contributed by atoms with van der Waals surface area (Å²) < 4.78 is 24.1. The third-order valence-corrected chi connectivity index (χ3v) is 0. The van der Waals surface area contributed by atoms with E-state index in [4.69, 9.17) is 13.3 Å². The molecule has 0 aliphatic rings. The first-order chi connectivity index (χ1) is 1.73. The highest BCUT2D eigenvalue weighted by Gasteiger charge is 1.42. The Hall–Kier alpha value is 0.280. The Morgan fingerprint density at radius 1 is 1.43 bits per heavy atom. The van der Waals surface area contributed by atoms with Gasteiger partial charge in [0.05, 0.1) is 11.4 Å². The van der Waals surface area contributed by atoms with Crippen LogP contribution in [0.15, 0.2) is 0 Å². The van der Waals surface area contributed by atoms with Crippen molar-refractivity contribution in [2.45, 2.75) is 0 Å². The first-order valence-corrected chi connectivity index (χ1v) is 1.55. The van der Waals surface area contributed by atoms with E-state index >= 15 is 0 Å². The third kappa shape index (κ3) is 1470. The molecule has 1 unspecified atom stereocenters. The van der Waals surface area contributed by atoms with Crippen molar-refractivity contribution in [2.75, 3.05) is 0 Å². The van der Waals surface area contributed by atoms with Crippen LogP contribution in [0.4, 0.5) is 0 Å². The van der Waals surface area contributed by atoms with Gasteiger partial charge in [0.2, 0.25) is 0 Å². The van der Waals surface area contributed by atoms with Crippen LogP contribution in [-0.4, -0.2) is 13.3 Å². The van der Waals surface area contributed by atoms with Gasteiger partial charge >= 0.3 is 0 Å². The van der Waals surface area contributed by atoms with E-state index in [9.17, 15) is 0 Å². The Morgan fingerprint density at radius 3 is 1.43 bits per heavy atom. The molecule has 0 bridgehead atoms. The summed E-state index contributed by atoms with van der Waals surface area (Å²) in [5.41, 5.74) is 0. The van der Waals surface area contributed by atoms with Crippen molar-refractivity contribution in [1.82, 2.24) is 12.3 Å². The molecule has 1 atom stereocenters. The Kier molecular flexibility index (Phi) is 62.0. The fourth-order valence-electron chi connectivity index (χ4n) is 0. The van der Waals surface area contributed by atoms with Crippen LogP contribution in [0, 0.1) is 0 Å². The summed E-state index contributed by atoms with van der Waals surface area (Å²) in [7, 11) is 0. The van der Waals surface area contributed by atoms with Gasteiger partial charge in [-0.1, -0.05) is 0 Å². The highest BCUT2D eigenvalue weighted by atomic mass is 35.5. The van der Waals surface area contributed by atoms with E-state index in [1.54, 1.807) is 0 Å². The standard InChI is InChI=1S/ClH.2H3N.H2O3S/c;;;1-4(2)3/h1H;2*1H3;(H2,1,2,3)/p-1. The molecule has 7 N–H and O–H groups in total. The molecule has 0 saturated carbocycles. The predicted octanol–water partition coefficient (Wildman–Crippen LogP) is 0.0843. The van der Waals surface area contributed by atoms with E-state index in [2.05, 4.69) is 0 Å². The molecule has 0 rings (SSSR count). The van der Waals surface area contributed by atoms with Crippen LogP contribution < -0.4 is 12.3 Å². The van der Waals surface area contributed by atoms with E-state index in [1.807, 2.05) is 0 Å². The summed E-state index contributed by atoms with van der Waals surface area (Å²) in [6.45, 7) is 0. The zero-order valence-corrected chi connectivity index (χ0v) is 5.13. The smallest absolute Gasteiger partial charge is 0.0814 e. The van der Waals surface area contributed by atoms with Crippen molar-refractivity contribution in [3.63, 3.8) is 0 Å². The van der Waals surface area contributed by atoms with Crippen molar-refractivity contribution < 1.29 is 13.3 Å². The number of rotatable bonds is 0. The van der Waals surface area contributed by atoms with E-state index in [0.717, 1.165) is 0 Å². The average Bonchev–Trinajstić information content (AvgIpc) is 0.811. The third-order valence-electron chi connectivity index (χ3n) is 0. The van der Waals surface area contributed by atoms with Gasteiger partial charge in [-0.05, 0) is 0 Å². The Morgan fingerprint density at radius 2 is 1.43 bits per heavy atom. The summed E-state index contributed by atoms with van der Waals surface area (Å²) in [5.74, 6) is 0. The van der Waals surface area contributed by atoms with Gasteiger partial charge in [-0.15, -0.1) is 12.4 Å². The van der Waals surface area contributed by atoms with Crippen molar-refractivity contribution >= 4 is 23.8 Å². The van der Waals surface area contributed by atoms with Crippen molar-refractivity contribution in [2.24, 2.45) is 0 Å². The summed E-state index contributed by atoms with van der Waals surface area (Å²) in [4.78, 5) is 0. The first-order valence-electron chi connectivity index (χ1n) is 0.516. The van der Waals surface area contributed by atoms with Crippen LogP contribution >= 0.6 is 12.4 Å². The zero-order chi connectivity index (χ0) is 3.58. The summed E-state index contributed by atoms with van der Waals surface area (Å²) in [6, 6.07) is 0. The quantitative estimate of drug-likeness (QED) is 0.422. The van der Waals surface area contributed by atoms with E-state index in [1.165, 1.54) is 0 Å². The molecule has 0 fully saturated rings. The second-order valence-electron chi connectivity index (χ2n) is 0.217. The maximum Gasteiger partial charge on any atom is 0.0814 e. The molecular formula is H8ClN2O3S-. The SMILES string of the molecule is Cl.N.N.O=S([O-])O. The minimum absolute atomic E-state index is 0. The molecule has 0 amide bonds. The summed E-state index contributed by atoms with van der Waals surface area (Å²) >= 11 is -2.86. The fraction of sp³-hybridized carbons (Fsp3) is 0. The van der Waals surface area contributed by atoms with Gasteiger partial charge in [0, 0.05) is 0 Å². The summed E-state index contributed by atoms with van der Waals surface area (Å²) in [6.07, 6.45) is 0. The Bertz CT molecular complexity index is 35.9. The highest BCUT2D eigenvalue weighted by Crippen LogP contribution is 1.43. The lowest BCUT2D eigenvalue weighted by Crippen LogP contribution is -1.75. The van der Waals surface area contributed by atoms with E-state index in [0.29, 0.717) is 0 Å². The van der Waals surface area contributed by atoms with Gasteiger partial charge in [-0.3, -0.25) is 0 Å². The molecule has 5 nitrogen and oxygen atoms in total. The minimum atomic E-state index is -2.86. The lowest BCUT2D eigenvalue weighted by Gasteiger charge is -1.83. The molecule has 0 heterocycles.